The van der Waals surface area contributed by atoms with Gasteiger partial charge in [-0.1, -0.05) is 6.92 Å². The van der Waals surface area contributed by atoms with E-state index < -0.39 is 11.8 Å². The molecule has 1 aliphatic rings. The highest BCUT2D eigenvalue weighted by Crippen LogP contribution is 2.30. The number of anilines is 1. The van der Waals surface area contributed by atoms with Crippen LogP contribution in [0.1, 0.15) is 33.6 Å². The molecule has 1 aromatic carbocycles. The Morgan fingerprint density at radius 2 is 1.92 bits per heavy atom. The summed E-state index contributed by atoms with van der Waals surface area (Å²) >= 11 is 0. The summed E-state index contributed by atoms with van der Waals surface area (Å²) in [7, 11) is 0. The Labute approximate surface area is 143 Å². The van der Waals surface area contributed by atoms with Gasteiger partial charge >= 0.3 is 11.8 Å². The molecule has 1 aromatic rings. The molecule has 1 unspecified atom stereocenters. The molecule has 1 aliphatic heterocycles. The van der Waals surface area contributed by atoms with Crippen molar-refractivity contribution in [2.45, 2.75) is 33.6 Å². The van der Waals surface area contributed by atoms with Gasteiger partial charge in [0.25, 0.3) is 0 Å². The third-order valence-electron chi connectivity index (χ3n) is 3.94. The van der Waals surface area contributed by atoms with Crippen LogP contribution < -0.4 is 14.8 Å². The number of carbonyl (C=O) groups is 2. The standard InChI is InChI=1S/C18H26N2O4/c1-4-23-15-9-8-14(11-16(15)24-5-2)19-17(21)18(22)20-10-6-7-13(3)12-20/h8-9,11,13H,4-7,10,12H2,1-3H3,(H,19,21). The van der Waals surface area contributed by atoms with E-state index >= 15 is 0 Å². The number of hydrogen-bond donors (Lipinski definition) is 1. The number of nitrogens with zero attached hydrogens (tertiary/aromatic N) is 1. The van der Waals surface area contributed by atoms with Crippen LogP contribution in [0, 0.1) is 5.92 Å². The maximum absolute atomic E-state index is 12.3. The van der Waals surface area contributed by atoms with Crippen molar-refractivity contribution in [1.82, 2.24) is 4.90 Å². The highest BCUT2D eigenvalue weighted by Gasteiger charge is 2.26. The predicted molar refractivity (Wildman–Crippen MR) is 92.4 cm³/mol. The van der Waals surface area contributed by atoms with Crippen molar-refractivity contribution < 1.29 is 19.1 Å². The number of benzene rings is 1. The van der Waals surface area contributed by atoms with Crippen LogP contribution in [0.3, 0.4) is 0 Å². The fourth-order valence-electron chi connectivity index (χ4n) is 2.83. The van der Waals surface area contributed by atoms with Crippen molar-refractivity contribution >= 4 is 17.5 Å². The van der Waals surface area contributed by atoms with Crippen molar-refractivity contribution in [1.29, 1.82) is 0 Å². The maximum atomic E-state index is 12.3. The number of hydrogen-bond acceptors (Lipinski definition) is 4. The summed E-state index contributed by atoms with van der Waals surface area (Å²) in [6, 6.07) is 5.12. The van der Waals surface area contributed by atoms with Crippen LogP contribution in [0.2, 0.25) is 0 Å². The topological polar surface area (TPSA) is 67.9 Å². The molecule has 1 N–H and O–H groups in total. The SMILES string of the molecule is CCOc1ccc(NC(=O)C(=O)N2CCCC(C)C2)cc1OCC. The minimum atomic E-state index is -0.615. The average molecular weight is 334 g/mol. The number of likely N-dealkylation sites (tertiary alicyclic amines) is 1. The molecule has 0 aliphatic carbocycles. The first-order valence-corrected chi connectivity index (χ1v) is 8.55. The van der Waals surface area contributed by atoms with Gasteiger partial charge in [-0.3, -0.25) is 9.59 Å². The van der Waals surface area contributed by atoms with E-state index in [0.29, 0.717) is 49.4 Å². The summed E-state index contributed by atoms with van der Waals surface area (Å²) in [6.07, 6.45) is 2.04. The van der Waals surface area contributed by atoms with Crippen LogP contribution in [-0.4, -0.2) is 43.0 Å². The Bertz CT molecular complexity index is 588. The Morgan fingerprint density at radius 3 is 2.58 bits per heavy atom. The van der Waals surface area contributed by atoms with Gasteiger partial charge in [-0.15, -0.1) is 0 Å². The molecule has 0 radical (unpaired) electrons. The quantitative estimate of drug-likeness (QED) is 0.841. The highest BCUT2D eigenvalue weighted by molar-refractivity contribution is 6.39. The minimum absolute atomic E-state index is 0.436. The lowest BCUT2D eigenvalue weighted by atomic mass is 10.0. The number of rotatable bonds is 5. The van der Waals surface area contributed by atoms with E-state index in [1.54, 1.807) is 23.1 Å². The molecule has 2 rings (SSSR count). The van der Waals surface area contributed by atoms with Gasteiger partial charge in [-0.05, 0) is 44.7 Å². The van der Waals surface area contributed by atoms with E-state index in [9.17, 15) is 9.59 Å². The molecule has 2 amide bonds. The van der Waals surface area contributed by atoms with Gasteiger partial charge in [0, 0.05) is 24.8 Å². The van der Waals surface area contributed by atoms with Crippen molar-refractivity contribution in [3.05, 3.63) is 18.2 Å². The van der Waals surface area contributed by atoms with E-state index in [0.717, 1.165) is 12.8 Å². The van der Waals surface area contributed by atoms with Crippen molar-refractivity contribution in [2.24, 2.45) is 5.92 Å². The third kappa shape index (κ3) is 4.63. The van der Waals surface area contributed by atoms with Crippen molar-refractivity contribution in [2.75, 3.05) is 31.6 Å². The van der Waals surface area contributed by atoms with Gasteiger partial charge < -0.3 is 19.7 Å². The molecule has 0 spiro atoms. The van der Waals surface area contributed by atoms with E-state index in [1.165, 1.54) is 0 Å². The summed E-state index contributed by atoms with van der Waals surface area (Å²) < 4.78 is 11.0. The molecule has 132 valence electrons. The van der Waals surface area contributed by atoms with Crippen LogP contribution in [0.15, 0.2) is 18.2 Å². The number of ether oxygens (including phenoxy) is 2. The summed E-state index contributed by atoms with van der Waals surface area (Å²) in [4.78, 5) is 26.1. The fraction of sp³-hybridized carbons (Fsp3) is 0.556. The molecular weight excluding hydrogens is 308 g/mol. The minimum Gasteiger partial charge on any atom is -0.490 e. The first-order valence-electron chi connectivity index (χ1n) is 8.55. The normalized spacial score (nSPS) is 17.3. The molecular formula is C18H26N2O4. The zero-order valence-electron chi connectivity index (χ0n) is 14.6. The van der Waals surface area contributed by atoms with E-state index in [1.807, 2.05) is 13.8 Å². The number of piperidine rings is 1. The molecule has 1 heterocycles. The fourth-order valence-corrected chi connectivity index (χ4v) is 2.83. The van der Waals surface area contributed by atoms with Crippen LogP contribution in [0.4, 0.5) is 5.69 Å². The van der Waals surface area contributed by atoms with E-state index in [2.05, 4.69) is 12.2 Å². The molecule has 1 fully saturated rings. The molecule has 6 nitrogen and oxygen atoms in total. The summed E-state index contributed by atoms with van der Waals surface area (Å²) in [5, 5.41) is 2.66. The lowest BCUT2D eigenvalue weighted by Crippen LogP contribution is -2.44. The Morgan fingerprint density at radius 1 is 1.21 bits per heavy atom. The Balaban J connectivity index is 2.05. The molecule has 0 aromatic heterocycles. The molecule has 0 bridgehead atoms. The van der Waals surface area contributed by atoms with Gasteiger partial charge in [0.05, 0.1) is 13.2 Å². The van der Waals surface area contributed by atoms with Crippen molar-refractivity contribution in [3.8, 4) is 11.5 Å². The number of carbonyl (C=O) groups excluding carboxylic acids is 2. The molecule has 1 saturated heterocycles. The maximum Gasteiger partial charge on any atom is 0.313 e. The molecule has 24 heavy (non-hydrogen) atoms. The van der Waals surface area contributed by atoms with Crippen LogP contribution in [0.25, 0.3) is 0 Å². The second-order valence-electron chi connectivity index (χ2n) is 5.98. The molecule has 0 saturated carbocycles. The summed E-state index contributed by atoms with van der Waals surface area (Å²) in [6.45, 7) is 8.16. The summed E-state index contributed by atoms with van der Waals surface area (Å²) in [5.41, 5.74) is 0.519. The zero-order valence-corrected chi connectivity index (χ0v) is 14.6. The molecule has 6 heteroatoms. The van der Waals surface area contributed by atoms with Gasteiger partial charge in [0.15, 0.2) is 11.5 Å². The summed E-state index contributed by atoms with van der Waals surface area (Å²) in [5.74, 6) is 0.513. The van der Waals surface area contributed by atoms with Gasteiger partial charge in [-0.25, -0.2) is 0 Å². The van der Waals surface area contributed by atoms with Crippen molar-refractivity contribution in [3.63, 3.8) is 0 Å². The second-order valence-corrected chi connectivity index (χ2v) is 5.98. The lowest BCUT2D eigenvalue weighted by molar-refractivity contribution is -0.144. The highest BCUT2D eigenvalue weighted by atomic mass is 16.5. The average Bonchev–Trinajstić information content (AvgIpc) is 2.57. The van der Waals surface area contributed by atoms with Gasteiger partial charge in [0.1, 0.15) is 0 Å². The van der Waals surface area contributed by atoms with E-state index in [4.69, 9.17) is 9.47 Å². The lowest BCUT2D eigenvalue weighted by Gasteiger charge is -2.30. The number of nitrogens with one attached hydrogen (secondary N) is 1. The van der Waals surface area contributed by atoms with Crippen LogP contribution >= 0.6 is 0 Å². The zero-order chi connectivity index (χ0) is 17.5. The first-order chi connectivity index (χ1) is 11.5. The number of amides is 2. The first kappa shape index (κ1) is 18.1. The van der Waals surface area contributed by atoms with Gasteiger partial charge in [0.2, 0.25) is 0 Å². The van der Waals surface area contributed by atoms with Crippen LogP contribution in [-0.2, 0) is 9.59 Å². The predicted octanol–water partition coefficient (Wildman–Crippen LogP) is 2.68. The monoisotopic (exact) mass is 334 g/mol. The largest absolute Gasteiger partial charge is 0.490 e. The Hall–Kier alpha value is -2.24. The molecule has 1 atom stereocenters. The second kappa shape index (κ2) is 8.57. The smallest absolute Gasteiger partial charge is 0.313 e. The van der Waals surface area contributed by atoms with E-state index in [-0.39, 0.29) is 0 Å². The van der Waals surface area contributed by atoms with Gasteiger partial charge in [-0.2, -0.15) is 0 Å². The Kier molecular flexibility index (Phi) is 6.46. The third-order valence-corrected chi connectivity index (χ3v) is 3.94. The van der Waals surface area contributed by atoms with Crippen LogP contribution in [0.5, 0.6) is 11.5 Å².